The molecule has 4 heteroatoms. The highest BCUT2D eigenvalue weighted by molar-refractivity contribution is 6.37. The molecule has 0 unspecified atom stereocenters. The maximum Gasteiger partial charge on any atom is 0.142 e. The van der Waals surface area contributed by atoms with Crippen molar-refractivity contribution in [3.05, 3.63) is 21.7 Å². The van der Waals surface area contributed by atoms with Gasteiger partial charge in [-0.1, -0.05) is 30.1 Å². The molecule has 2 nitrogen and oxygen atoms in total. The molecule has 1 aromatic carbocycles. The van der Waals surface area contributed by atoms with Crippen molar-refractivity contribution in [2.45, 2.75) is 27.2 Å². The molecule has 0 saturated heterocycles. The molecule has 16 heavy (non-hydrogen) atoms. The summed E-state index contributed by atoms with van der Waals surface area (Å²) >= 11 is 12.1. The summed E-state index contributed by atoms with van der Waals surface area (Å²) in [5.41, 5.74) is 2.63. The number of methoxy groups -OCH3 is 1. The number of aliphatic imine (C=N–C) groups is 1. The van der Waals surface area contributed by atoms with Gasteiger partial charge in [0, 0.05) is 11.3 Å². The van der Waals surface area contributed by atoms with Crippen LogP contribution in [-0.4, -0.2) is 12.8 Å². The van der Waals surface area contributed by atoms with Crippen molar-refractivity contribution in [1.29, 1.82) is 0 Å². The van der Waals surface area contributed by atoms with Crippen LogP contribution in [0.5, 0.6) is 5.75 Å². The van der Waals surface area contributed by atoms with Gasteiger partial charge in [0.1, 0.15) is 5.75 Å². The van der Waals surface area contributed by atoms with Gasteiger partial charge in [0.25, 0.3) is 0 Å². The van der Waals surface area contributed by atoms with Crippen LogP contribution in [0.25, 0.3) is 0 Å². The normalized spacial score (nSPS) is 11.8. The first-order chi connectivity index (χ1) is 7.51. The van der Waals surface area contributed by atoms with Crippen LogP contribution in [0.1, 0.15) is 25.8 Å². The molecule has 0 heterocycles. The number of rotatable bonds is 3. The monoisotopic (exact) mass is 259 g/mol. The van der Waals surface area contributed by atoms with Crippen molar-refractivity contribution in [3.8, 4) is 5.75 Å². The van der Waals surface area contributed by atoms with E-state index in [-0.39, 0.29) is 0 Å². The molecule has 0 saturated carbocycles. The van der Waals surface area contributed by atoms with Crippen LogP contribution in [0, 0.1) is 6.92 Å². The van der Waals surface area contributed by atoms with Gasteiger partial charge in [-0.2, -0.15) is 0 Å². The summed E-state index contributed by atoms with van der Waals surface area (Å²) in [7, 11) is 1.59. The Balaban J connectivity index is 3.39. The number of halogens is 2. The van der Waals surface area contributed by atoms with Crippen LogP contribution in [-0.2, 0) is 0 Å². The Morgan fingerprint density at radius 1 is 1.38 bits per heavy atom. The van der Waals surface area contributed by atoms with E-state index in [1.165, 1.54) is 0 Å². The van der Waals surface area contributed by atoms with Crippen molar-refractivity contribution < 1.29 is 4.74 Å². The van der Waals surface area contributed by atoms with Gasteiger partial charge in [-0.25, -0.2) is 0 Å². The fourth-order valence-corrected chi connectivity index (χ4v) is 2.05. The molecule has 0 atom stereocenters. The third-order valence-electron chi connectivity index (χ3n) is 2.41. The Labute approximate surface area is 106 Å². The Morgan fingerprint density at radius 2 is 2.00 bits per heavy atom. The van der Waals surface area contributed by atoms with E-state index in [1.54, 1.807) is 13.2 Å². The summed E-state index contributed by atoms with van der Waals surface area (Å²) < 4.78 is 5.23. The molecule has 0 fully saturated rings. The van der Waals surface area contributed by atoms with E-state index in [4.69, 9.17) is 27.9 Å². The van der Waals surface area contributed by atoms with Crippen LogP contribution in [0.15, 0.2) is 11.1 Å². The quantitative estimate of drug-likeness (QED) is 0.714. The van der Waals surface area contributed by atoms with E-state index in [1.807, 2.05) is 13.8 Å². The second kappa shape index (κ2) is 5.55. The number of hydrogen-bond acceptors (Lipinski definition) is 2. The molecule has 0 aliphatic carbocycles. The number of nitrogens with zero attached hydrogens (tertiary/aromatic N) is 1. The van der Waals surface area contributed by atoms with Gasteiger partial charge in [-0.3, -0.25) is 4.99 Å². The maximum absolute atomic E-state index is 6.12. The first-order valence-corrected chi connectivity index (χ1v) is 5.83. The summed E-state index contributed by atoms with van der Waals surface area (Å²) in [6, 6.07) is 1.66. The topological polar surface area (TPSA) is 21.6 Å². The van der Waals surface area contributed by atoms with E-state index < -0.39 is 0 Å². The van der Waals surface area contributed by atoms with E-state index in [0.717, 1.165) is 23.4 Å². The smallest absolute Gasteiger partial charge is 0.142 e. The minimum Gasteiger partial charge on any atom is -0.495 e. The summed E-state index contributed by atoms with van der Waals surface area (Å²) in [6.45, 7) is 5.92. The van der Waals surface area contributed by atoms with Crippen LogP contribution in [0.3, 0.4) is 0 Å². The van der Waals surface area contributed by atoms with Gasteiger partial charge in [0.05, 0.1) is 22.8 Å². The largest absolute Gasteiger partial charge is 0.495 e. The molecule has 0 aliphatic rings. The number of hydrogen-bond donors (Lipinski definition) is 0. The van der Waals surface area contributed by atoms with Crippen molar-refractivity contribution in [3.63, 3.8) is 0 Å². The molecular weight excluding hydrogens is 245 g/mol. The highest BCUT2D eigenvalue weighted by atomic mass is 35.5. The average molecular weight is 260 g/mol. The Hall–Kier alpha value is -0.730. The number of benzene rings is 1. The zero-order valence-corrected chi connectivity index (χ0v) is 11.4. The Morgan fingerprint density at radius 3 is 2.50 bits per heavy atom. The van der Waals surface area contributed by atoms with Gasteiger partial charge in [-0.05, 0) is 26.3 Å². The molecule has 0 radical (unpaired) electrons. The number of ether oxygens (including phenoxy) is 1. The van der Waals surface area contributed by atoms with Crippen molar-refractivity contribution >= 4 is 34.6 Å². The van der Waals surface area contributed by atoms with Gasteiger partial charge < -0.3 is 4.74 Å². The summed E-state index contributed by atoms with van der Waals surface area (Å²) in [5, 5.41) is 1.06. The standard InChI is InChI=1S/C12H15Cl2NO/c1-5-7(2)15-11-8(3)12(16-4)10(14)6-9(11)13/h6H,5H2,1-4H3. The van der Waals surface area contributed by atoms with Crippen molar-refractivity contribution in [2.75, 3.05) is 7.11 Å². The fourth-order valence-electron chi connectivity index (χ4n) is 1.37. The molecule has 1 rings (SSSR count). The van der Waals surface area contributed by atoms with E-state index in [9.17, 15) is 0 Å². The molecule has 0 bridgehead atoms. The second-order valence-electron chi connectivity index (χ2n) is 3.55. The van der Waals surface area contributed by atoms with Gasteiger partial charge in [0.2, 0.25) is 0 Å². The van der Waals surface area contributed by atoms with E-state index in [2.05, 4.69) is 11.9 Å². The van der Waals surface area contributed by atoms with Gasteiger partial charge >= 0.3 is 0 Å². The average Bonchev–Trinajstić information content (AvgIpc) is 2.24. The lowest BCUT2D eigenvalue weighted by Gasteiger charge is -2.11. The Kier molecular flexibility index (Phi) is 4.63. The van der Waals surface area contributed by atoms with Crippen LogP contribution >= 0.6 is 23.2 Å². The SMILES string of the molecule is CCC(C)=Nc1c(Cl)cc(Cl)c(OC)c1C. The first-order valence-electron chi connectivity index (χ1n) is 5.08. The van der Waals surface area contributed by atoms with E-state index in [0.29, 0.717) is 15.8 Å². The highest BCUT2D eigenvalue weighted by Crippen LogP contribution is 2.40. The molecule has 0 N–H and O–H groups in total. The molecule has 0 aromatic heterocycles. The molecule has 0 aliphatic heterocycles. The lowest BCUT2D eigenvalue weighted by Crippen LogP contribution is -1.92. The van der Waals surface area contributed by atoms with Crippen molar-refractivity contribution in [2.24, 2.45) is 4.99 Å². The van der Waals surface area contributed by atoms with Gasteiger partial charge in [0.15, 0.2) is 0 Å². The lowest BCUT2D eigenvalue weighted by atomic mass is 10.1. The van der Waals surface area contributed by atoms with Crippen LogP contribution in [0.4, 0.5) is 5.69 Å². The minimum absolute atomic E-state index is 0.512. The van der Waals surface area contributed by atoms with Crippen molar-refractivity contribution in [1.82, 2.24) is 0 Å². The summed E-state index contributed by atoms with van der Waals surface area (Å²) in [4.78, 5) is 4.47. The van der Waals surface area contributed by atoms with E-state index >= 15 is 0 Å². The predicted octanol–water partition coefficient (Wildman–Crippen LogP) is 4.81. The summed E-state index contributed by atoms with van der Waals surface area (Å²) in [6.07, 6.45) is 0.890. The third kappa shape index (κ3) is 2.69. The fraction of sp³-hybridized carbons (Fsp3) is 0.417. The zero-order valence-electron chi connectivity index (χ0n) is 9.90. The minimum atomic E-state index is 0.512. The molecule has 0 spiro atoms. The van der Waals surface area contributed by atoms with Crippen LogP contribution in [0.2, 0.25) is 10.0 Å². The van der Waals surface area contributed by atoms with Gasteiger partial charge in [-0.15, -0.1) is 0 Å². The Bertz CT molecular complexity index is 428. The predicted molar refractivity (Wildman–Crippen MR) is 70.8 cm³/mol. The second-order valence-corrected chi connectivity index (χ2v) is 4.36. The summed E-state index contributed by atoms with van der Waals surface area (Å²) in [5.74, 6) is 0.633. The third-order valence-corrected chi connectivity index (χ3v) is 2.98. The molecular formula is C12H15Cl2NO. The maximum atomic E-state index is 6.12. The zero-order chi connectivity index (χ0) is 12.3. The molecule has 1 aromatic rings. The lowest BCUT2D eigenvalue weighted by molar-refractivity contribution is 0.412. The highest BCUT2D eigenvalue weighted by Gasteiger charge is 2.13. The van der Waals surface area contributed by atoms with Crippen LogP contribution < -0.4 is 4.74 Å². The molecule has 88 valence electrons. The molecule has 0 amide bonds. The first kappa shape index (κ1) is 13.3.